The van der Waals surface area contributed by atoms with Gasteiger partial charge in [0.05, 0.1) is 0 Å². The number of nitrogens with zero attached hydrogens (tertiary/aromatic N) is 1. The molecule has 1 saturated heterocycles. The molecule has 1 aliphatic heterocycles. The first-order valence-corrected chi connectivity index (χ1v) is 7.93. The Balaban J connectivity index is 1.44. The number of hydrogen-bond acceptors (Lipinski definition) is 4. The first-order chi connectivity index (χ1) is 10.7. The van der Waals surface area contributed by atoms with Gasteiger partial charge in [0.2, 0.25) is 0 Å². The number of likely N-dealkylation sites (tertiary alicyclic amines) is 1. The second kappa shape index (κ2) is 5.32. The SMILES string of the molecule is NC(=O)c1cc2cc(OC3CCN(C4CC4)CC3)ccc2o1. The summed E-state index contributed by atoms with van der Waals surface area (Å²) in [6.07, 6.45) is 5.16. The minimum Gasteiger partial charge on any atom is -0.490 e. The van der Waals surface area contributed by atoms with Crippen LogP contribution in [-0.4, -0.2) is 36.0 Å². The normalized spacial score (nSPS) is 20.4. The van der Waals surface area contributed by atoms with Crippen molar-refractivity contribution in [2.45, 2.75) is 37.8 Å². The number of fused-ring (bicyclic) bond motifs is 1. The summed E-state index contributed by atoms with van der Waals surface area (Å²) < 4.78 is 11.5. The van der Waals surface area contributed by atoms with E-state index in [-0.39, 0.29) is 11.9 Å². The van der Waals surface area contributed by atoms with Gasteiger partial charge in [0.1, 0.15) is 17.4 Å². The molecule has 5 heteroatoms. The lowest BCUT2D eigenvalue weighted by atomic mass is 10.1. The van der Waals surface area contributed by atoms with Crippen molar-refractivity contribution in [3.05, 3.63) is 30.0 Å². The van der Waals surface area contributed by atoms with Crippen LogP contribution in [0.3, 0.4) is 0 Å². The molecular formula is C17H20N2O3. The summed E-state index contributed by atoms with van der Waals surface area (Å²) in [7, 11) is 0. The predicted octanol–water partition coefficient (Wildman–Crippen LogP) is 2.54. The number of ether oxygens (including phenoxy) is 1. The molecule has 0 atom stereocenters. The Morgan fingerprint density at radius 1 is 1.18 bits per heavy atom. The first kappa shape index (κ1) is 13.6. The van der Waals surface area contributed by atoms with Gasteiger partial charge in [0, 0.05) is 24.5 Å². The van der Waals surface area contributed by atoms with Crippen LogP contribution in [0, 0.1) is 0 Å². The van der Waals surface area contributed by atoms with Crippen LogP contribution in [0.15, 0.2) is 28.7 Å². The Hall–Kier alpha value is -2.01. The smallest absolute Gasteiger partial charge is 0.284 e. The van der Waals surface area contributed by atoms with E-state index in [4.69, 9.17) is 14.9 Å². The molecule has 2 heterocycles. The molecule has 0 radical (unpaired) electrons. The number of carbonyl (C=O) groups is 1. The summed E-state index contributed by atoms with van der Waals surface area (Å²) in [4.78, 5) is 13.7. The van der Waals surface area contributed by atoms with Gasteiger partial charge >= 0.3 is 0 Å². The lowest BCUT2D eigenvalue weighted by Gasteiger charge is -2.32. The number of nitrogens with two attached hydrogens (primary N) is 1. The monoisotopic (exact) mass is 300 g/mol. The van der Waals surface area contributed by atoms with Crippen LogP contribution in [0.4, 0.5) is 0 Å². The van der Waals surface area contributed by atoms with E-state index in [0.717, 1.165) is 43.1 Å². The van der Waals surface area contributed by atoms with Crippen LogP contribution in [0.2, 0.25) is 0 Å². The summed E-state index contributed by atoms with van der Waals surface area (Å²) in [6.45, 7) is 2.27. The van der Waals surface area contributed by atoms with Crippen LogP contribution in [0.25, 0.3) is 11.0 Å². The molecule has 1 amide bonds. The molecule has 2 fully saturated rings. The van der Waals surface area contributed by atoms with E-state index in [0.29, 0.717) is 5.58 Å². The molecule has 1 aliphatic carbocycles. The fourth-order valence-electron chi connectivity index (χ4n) is 3.21. The van der Waals surface area contributed by atoms with Gasteiger partial charge in [-0.1, -0.05) is 0 Å². The molecule has 0 spiro atoms. The van der Waals surface area contributed by atoms with Gasteiger partial charge in [-0.25, -0.2) is 0 Å². The summed E-state index contributed by atoms with van der Waals surface area (Å²) in [5.74, 6) is 0.463. The second-order valence-electron chi connectivity index (χ2n) is 6.26. The molecule has 116 valence electrons. The van der Waals surface area contributed by atoms with Gasteiger partial charge in [0.15, 0.2) is 5.76 Å². The van der Waals surface area contributed by atoms with Gasteiger partial charge in [-0.15, -0.1) is 0 Å². The number of furan rings is 1. The molecule has 1 aromatic carbocycles. The highest BCUT2D eigenvalue weighted by Crippen LogP contribution is 2.31. The minimum atomic E-state index is -0.550. The molecule has 4 rings (SSSR count). The zero-order valence-corrected chi connectivity index (χ0v) is 12.5. The number of piperidine rings is 1. The molecule has 2 aliphatic rings. The van der Waals surface area contributed by atoms with E-state index in [9.17, 15) is 4.79 Å². The summed E-state index contributed by atoms with van der Waals surface area (Å²) in [5.41, 5.74) is 5.90. The zero-order valence-electron chi connectivity index (χ0n) is 12.5. The highest BCUT2D eigenvalue weighted by molar-refractivity contribution is 5.95. The van der Waals surface area contributed by atoms with E-state index in [1.807, 2.05) is 18.2 Å². The summed E-state index contributed by atoms with van der Waals surface area (Å²) in [6, 6.07) is 8.15. The Bertz CT molecular complexity index is 697. The third kappa shape index (κ3) is 2.68. The van der Waals surface area contributed by atoms with E-state index < -0.39 is 5.91 Å². The molecule has 1 aromatic heterocycles. The van der Waals surface area contributed by atoms with Crippen molar-refractivity contribution in [2.75, 3.05) is 13.1 Å². The molecule has 1 saturated carbocycles. The third-order valence-electron chi connectivity index (χ3n) is 4.57. The molecule has 5 nitrogen and oxygen atoms in total. The van der Waals surface area contributed by atoms with E-state index in [1.165, 1.54) is 12.8 Å². The average molecular weight is 300 g/mol. The van der Waals surface area contributed by atoms with E-state index in [1.54, 1.807) is 6.07 Å². The Labute approximate surface area is 129 Å². The lowest BCUT2D eigenvalue weighted by Crippen LogP contribution is -2.39. The number of carbonyl (C=O) groups excluding carboxylic acids is 1. The fraction of sp³-hybridized carbons (Fsp3) is 0.471. The van der Waals surface area contributed by atoms with Crippen molar-refractivity contribution in [3.8, 4) is 5.75 Å². The largest absolute Gasteiger partial charge is 0.490 e. The fourth-order valence-corrected chi connectivity index (χ4v) is 3.21. The standard InChI is InChI=1S/C17H20N2O3/c18-17(20)16-10-11-9-14(3-4-15(11)22-16)21-13-5-7-19(8-6-13)12-1-2-12/h3-4,9-10,12-13H,1-2,5-8H2,(H2,18,20). The minimum absolute atomic E-state index is 0.185. The first-order valence-electron chi connectivity index (χ1n) is 7.93. The maximum atomic E-state index is 11.2. The topological polar surface area (TPSA) is 68.7 Å². The van der Waals surface area contributed by atoms with Crippen LogP contribution < -0.4 is 10.5 Å². The van der Waals surface area contributed by atoms with Gasteiger partial charge < -0.3 is 19.8 Å². The second-order valence-corrected chi connectivity index (χ2v) is 6.26. The van der Waals surface area contributed by atoms with Crippen molar-refractivity contribution < 1.29 is 13.9 Å². The highest BCUT2D eigenvalue weighted by Gasteiger charge is 2.32. The van der Waals surface area contributed by atoms with Crippen LogP contribution in [-0.2, 0) is 0 Å². The van der Waals surface area contributed by atoms with Crippen molar-refractivity contribution in [1.29, 1.82) is 0 Å². The van der Waals surface area contributed by atoms with Crippen LogP contribution >= 0.6 is 0 Å². The molecular weight excluding hydrogens is 280 g/mol. The van der Waals surface area contributed by atoms with E-state index in [2.05, 4.69) is 4.90 Å². The van der Waals surface area contributed by atoms with Gasteiger partial charge in [-0.2, -0.15) is 0 Å². The Kier molecular flexibility index (Phi) is 3.30. The molecule has 2 aromatic rings. The van der Waals surface area contributed by atoms with Gasteiger partial charge in [-0.3, -0.25) is 4.79 Å². The zero-order chi connectivity index (χ0) is 15.1. The molecule has 0 unspecified atom stereocenters. The average Bonchev–Trinajstić information content (AvgIpc) is 3.27. The third-order valence-corrected chi connectivity index (χ3v) is 4.57. The van der Waals surface area contributed by atoms with Gasteiger partial charge in [-0.05, 0) is 49.9 Å². The predicted molar refractivity (Wildman–Crippen MR) is 83.0 cm³/mol. The van der Waals surface area contributed by atoms with Crippen molar-refractivity contribution in [3.63, 3.8) is 0 Å². The van der Waals surface area contributed by atoms with Crippen molar-refractivity contribution >= 4 is 16.9 Å². The number of primary amides is 1. The van der Waals surface area contributed by atoms with E-state index >= 15 is 0 Å². The maximum Gasteiger partial charge on any atom is 0.284 e. The molecule has 0 bridgehead atoms. The number of amides is 1. The Morgan fingerprint density at radius 3 is 2.64 bits per heavy atom. The Morgan fingerprint density at radius 2 is 1.95 bits per heavy atom. The number of benzene rings is 1. The molecule has 2 N–H and O–H groups in total. The number of rotatable bonds is 4. The summed E-state index contributed by atoms with van der Waals surface area (Å²) in [5, 5.41) is 0.849. The van der Waals surface area contributed by atoms with Crippen LogP contribution in [0.1, 0.15) is 36.2 Å². The van der Waals surface area contributed by atoms with Gasteiger partial charge in [0.25, 0.3) is 5.91 Å². The molecule has 22 heavy (non-hydrogen) atoms. The quantitative estimate of drug-likeness (QED) is 0.942. The lowest BCUT2D eigenvalue weighted by molar-refractivity contribution is 0.0966. The number of hydrogen-bond donors (Lipinski definition) is 1. The van der Waals surface area contributed by atoms with Crippen molar-refractivity contribution in [1.82, 2.24) is 4.90 Å². The maximum absolute atomic E-state index is 11.2. The van der Waals surface area contributed by atoms with Crippen molar-refractivity contribution in [2.24, 2.45) is 5.73 Å². The summed E-state index contributed by atoms with van der Waals surface area (Å²) >= 11 is 0. The van der Waals surface area contributed by atoms with Crippen LogP contribution in [0.5, 0.6) is 5.75 Å². The highest BCUT2D eigenvalue weighted by atomic mass is 16.5.